The summed E-state index contributed by atoms with van der Waals surface area (Å²) >= 11 is 0. The first kappa shape index (κ1) is 11.5. The highest BCUT2D eigenvalue weighted by Gasteiger charge is 2.19. The Bertz CT molecular complexity index is 648. The molecule has 1 unspecified atom stereocenters. The Hall–Kier alpha value is -2.55. The molecule has 3 heteroatoms. The number of benzene rings is 2. The second kappa shape index (κ2) is 4.98. The van der Waals surface area contributed by atoms with Crippen LogP contribution in [0.4, 0.5) is 0 Å². The molecule has 0 bridgehead atoms. The monoisotopic (exact) mass is 250 g/mol. The second-order valence-corrected chi connectivity index (χ2v) is 4.36. The summed E-state index contributed by atoms with van der Waals surface area (Å²) in [6.45, 7) is 0. The summed E-state index contributed by atoms with van der Waals surface area (Å²) in [5, 5.41) is 14.4. The minimum Gasteiger partial charge on any atom is -0.508 e. The van der Waals surface area contributed by atoms with Crippen molar-refractivity contribution >= 4 is 0 Å². The van der Waals surface area contributed by atoms with E-state index < -0.39 is 0 Å². The molecule has 0 fully saturated rings. The van der Waals surface area contributed by atoms with Gasteiger partial charge in [0.25, 0.3) is 0 Å². The van der Waals surface area contributed by atoms with E-state index in [1.54, 1.807) is 12.3 Å². The van der Waals surface area contributed by atoms with Crippen LogP contribution in [0.25, 0.3) is 0 Å². The molecule has 0 amide bonds. The molecule has 0 radical (unpaired) electrons. The maximum atomic E-state index is 10.1. The number of hydrogen-bond donors (Lipinski definition) is 1. The molecule has 0 aliphatic carbocycles. The number of hydrogen-bond acceptors (Lipinski definition) is 2. The van der Waals surface area contributed by atoms with Crippen LogP contribution < -0.4 is 0 Å². The predicted molar refractivity (Wildman–Crippen MR) is 74.0 cm³/mol. The standard InChI is InChI=1S/C16H14N2O/c19-15-10-5-4-9-14(15)16(18-12-6-11-17-18)13-7-2-1-3-8-13/h1-12,16,19H. The summed E-state index contributed by atoms with van der Waals surface area (Å²) in [6.07, 6.45) is 3.65. The van der Waals surface area contributed by atoms with E-state index in [2.05, 4.69) is 5.10 Å². The number of aromatic nitrogens is 2. The Labute approximate surface area is 111 Å². The van der Waals surface area contributed by atoms with Crippen LogP contribution in [-0.4, -0.2) is 14.9 Å². The van der Waals surface area contributed by atoms with E-state index in [1.165, 1.54) is 0 Å². The lowest BCUT2D eigenvalue weighted by Crippen LogP contribution is -2.12. The third-order valence-corrected chi connectivity index (χ3v) is 3.14. The number of phenolic OH excluding ortho intramolecular Hbond substituents is 1. The van der Waals surface area contributed by atoms with Gasteiger partial charge < -0.3 is 5.11 Å². The summed E-state index contributed by atoms with van der Waals surface area (Å²) in [5.41, 5.74) is 1.94. The van der Waals surface area contributed by atoms with Crippen molar-refractivity contribution in [2.24, 2.45) is 0 Å². The zero-order chi connectivity index (χ0) is 13.1. The Balaban J connectivity index is 2.16. The molecule has 0 spiro atoms. The molecule has 0 aliphatic rings. The number of para-hydroxylation sites is 1. The van der Waals surface area contributed by atoms with Crippen molar-refractivity contribution in [3.05, 3.63) is 84.2 Å². The van der Waals surface area contributed by atoms with E-state index in [9.17, 15) is 5.11 Å². The minimum absolute atomic E-state index is 0.114. The number of nitrogens with zero attached hydrogens (tertiary/aromatic N) is 2. The molecule has 1 atom stereocenters. The third kappa shape index (κ3) is 2.22. The summed E-state index contributed by atoms with van der Waals surface area (Å²) in [7, 11) is 0. The van der Waals surface area contributed by atoms with E-state index in [4.69, 9.17) is 0 Å². The van der Waals surface area contributed by atoms with E-state index >= 15 is 0 Å². The third-order valence-electron chi connectivity index (χ3n) is 3.14. The molecule has 0 saturated carbocycles. The van der Waals surface area contributed by atoms with Gasteiger partial charge in [0.05, 0.1) is 0 Å². The lowest BCUT2D eigenvalue weighted by Gasteiger charge is -2.19. The second-order valence-electron chi connectivity index (χ2n) is 4.36. The maximum absolute atomic E-state index is 10.1. The number of phenols is 1. The van der Waals surface area contributed by atoms with Crippen LogP contribution in [0.5, 0.6) is 5.75 Å². The van der Waals surface area contributed by atoms with Crippen molar-refractivity contribution in [3.63, 3.8) is 0 Å². The van der Waals surface area contributed by atoms with Gasteiger partial charge in [-0.15, -0.1) is 0 Å². The molecule has 19 heavy (non-hydrogen) atoms. The summed E-state index contributed by atoms with van der Waals surface area (Å²) in [5.74, 6) is 0.284. The fourth-order valence-corrected chi connectivity index (χ4v) is 2.26. The van der Waals surface area contributed by atoms with Crippen LogP contribution in [0.15, 0.2) is 73.1 Å². The lowest BCUT2D eigenvalue weighted by atomic mass is 9.98. The fraction of sp³-hybridized carbons (Fsp3) is 0.0625. The molecule has 2 aromatic carbocycles. The van der Waals surface area contributed by atoms with Gasteiger partial charge in [0.1, 0.15) is 11.8 Å². The van der Waals surface area contributed by atoms with E-state index in [-0.39, 0.29) is 11.8 Å². The first-order valence-corrected chi connectivity index (χ1v) is 6.18. The van der Waals surface area contributed by atoms with Crippen molar-refractivity contribution in [1.29, 1.82) is 0 Å². The highest BCUT2D eigenvalue weighted by molar-refractivity contribution is 5.41. The maximum Gasteiger partial charge on any atom is 0.121 e. The molecule has 1 N–H and O–H groups in total. The largest absolute Gasteiger partial charge is 0.508 e. The highest BCUT2D eigenvalue weighted by atomic mass is 16.3. The lowest BCUT2D eigenvalue weighted by molar-refractivity contribution is 0.455. The average molecular weight is 250 g/mol. The Morgan fingerprint density at radius 3 is 2.32 bits per heavy atom. The average Bonchev–Trinajstić information content (AvgIpc) is 2.96. The molecule has 3 rings (SSSR count). The molecule has 3 aromatic rings. The van der Waals surface area contributed by atoms with Gasteiger partial charge in [-0.3, -0.25) is 4.68 Å². The molecule has 0 saturated heterocycles. The van der Waals surface area contributed by atoms with Gasteiger partial charge in [0, 0.05) is 18.0 Å². The van der Waals surface area contributed by atoms with Crippen molar-refractivity contribution < 1.29 is 5.11 Å². The van der Waals surface area contributed by atoms with Gasteiger partial charge in [0.2, 0.25) is 0 Å². The van der Waals surface area contributed by atoms with Crippen molar-refractivity contribution in [2.45, 2.75) is 6.04 Å². The van der Waals surface area contributed by atoms with Crippen LogP contribution in [0.2, 0.25) is 0 Å². The van der Waals surface area contributed by atoms with Crippen LogP contribution in [-0.2, 0) is 0 Å². The van der Waals surface area contributed by atoms with Gasteiger partial charge in [-0.2, -0.15) is 5.10 Å². The first-order valence-electron chi connectivity index (χ1n) is 6.18. The number of aromatic hydroxyl groups is 1. The van der Waals surface area contributed by atoms with E-state index in [1.807, 2.05) is 65.5 Å². The quantitative estimate of drug-likeness (QED) is 0.775. The van der Waals surface area contributed by atoms with Crippen LogP contribution in [0, 0.1) is 0 Å². The zero-order valence-electron chi connectivity index (χ0n) is 10.3. The normalized spacial score (nSPS) is 12.2. The first-order chi connectivity index (χ1) is 9.36. The molecular weight excluding hydrogens is 236 g/mol. The Morgan fingerprint density at radius 2 is 1.63 bits per heavy atom. The summed E-state index contributed by atoms with van der Waals surface area (Å²) in [4.78, 5) is 0. The van der Waals surface area contributed by atoms with Crippen molar-refractivity contribution in [1.82, 2.24) is 9.78 Å². The minimum atomic E-state index is -0.114. The van der Waals surface area contributed by atoms with E-state index in [0.29, 0.717) is 0 Å². The van der Waals surface area contributed by atoms with Gasteiger partial charge in [-0.1, -0.05) is 48.5 Å². The van der Waals surface area contributed by atoms with Crippen LogP contribution in [0.3, 0.4) is 0 Å². The molecule has 0 aliphatic heterocycles. The molecular formula is C16H14N2O. The van der Waals surface area contributed by atoms with E-state index in [0.717, 1.165) is 11.1 Å². The molecule has 3 nitrogen and oxygen atoms in total. The van der Waals surface area contributed by atoms with Crippen LogP contribution in [0.1, 0.15) is 17.2 Å². The zero-order valence-corrected chi connectivity index (χ0v) is 10.3. The Kier molecular flexibility index (Phi) is 3.02. The summed E-state index contributed by atoms with van der Waals surface area (Å²) in [6, 6.07) is 19.2. The SMILES string of the molecule is Oc1ccccc1C(c1ccccc1)n1cccn1. The summed E-state index contributed by atoms with van der Waals surface area (Å²) < 4.78 is 1.85. The predicted octanol–water partition coefficient (Wildman–Crippen LogP) is 3.23. The molecule has 1 aromatic heterocycles. The molecule has 94 valence electrons. The van der Waals surface area contributed by atoms with Gasteiger partial charge in [-0.05, 0) is 17.7 Å². The fourth-order valence-electron chi connectivity index (χ4n) is 2.26. The topological polar surface area (TPSA) is 38.0 Å². The van der Waals surface area contributed by atoms with Crippen molar-refractivity contribution in [3.8, 4) is 5.75 Å². The van der Waals surface area contributed by atoms with Gasteiger partial charge in [0.15, 0.2) is 0 Å². The van der Waals surface area contributed by atoms with Crippen molar-refractivity contribution in [2.75, 3.05) is 0 Å². The highest BCUT2D eigenvalue weighted by Crippen LogP contribution is 2.31. The number of rotatable bonds is 3. The smallest absolute Gasteiger partial charge is 0.121 e. The Morgan fingerprint density at radius 1 is 0.895 bits per heavy atom. The van der Waals surface area contributed by atoms with Crippen LogP contribution >= 0.6 is 0 Å². The van der Waals surface area contributed by atoms with Gasteiger partial charge in [-0.25, -0.2) is 0 Å². The van der Waals surface area contributed by atoms with Gasteiger partial charge >= 0.3 is 0 Å². The molecule has 1 heterocycles.